The van der Waals surface area contributed by atoms with Crippen molar-refractivity contribution in [3.05, 3.63) is 40.7 Å². The van der Waals surface area contributed by atoms with E-state index in [2.05, 4.69) is 15.2 Å². The number of benzene rings is 1. The minimum atomic E-state index is -3.75. The predicted molar refractivity (Wildman–Crippen MR) is 155 cm³/mol. The highest BCUT2D eigenvalue weighted by molar-refractivity contribution is 7.89. The Hall–Kier alpha value is -3.36. The van der Waals surface area contributed by atoms with Crippen LogP contribution in [-0.4, -0.2) is 68.4 Å². The Kier molecular flexibility index (Phi) is 7.79. The van der Waals surface area contributed by atoms with Crippen LogP contribution >= 0.6 is 0 Å². The van der Waals surface area contributed by atoms with E-state index in [0.717, 1.165) is 49.7 Å². The van der Waals surface area contributed by atoms with Gasteiger partial charge in [-0.05, 0) is 63.5 Å². The third kappa shape index (κ3) is 5.86. The van der Waals surface area contributed by atoms with Crippen LogP contribution in [-0.2, 0) is 10.0 Å². The predicted octanol–water partition coefficient (Wildman–Crippen LogP) is 3.80. The molecule has 0 spiro atoms. The summed E-state index contributed by atoms with van der Waals surface area (Å²) in [6.07, 6.45) is 11.6. The quantitative estimate of drug-likeness (QED) is 0.261. The van der Waals surface area contributed by atoms with Crippen LogP contribution in [0, 0.1) is 10.1 Å². The molecule has 3 heterocycles. The Labute approximate surface area is 239 Å². The van der Waals surface area contributed by atoms with Crippen molar-refractivity contribution in [2.75, 3.05) is 23.7 Å². The number of nitrogens with one attached hydrogen (secondary N) is 2. The summed E-state index contributed by atoms with van der Waals surface area (Å²) >= 11 is 0. The molecule has 0 bridgehead atoms. The zero-order valence-corrected chi connectivity index (χ0v) is 23.8. The van der Waals surface area contributed by atoms with E-state index in [4.69, 9.17) is 20.7 Å². The first kappa shape index (κ1) is 27.8. The van der Waals surface area contributed by atoms with Gasteiger partial charge in [-0.25, -0.2) is 13.4 Å². The van der Waals surface area contributed by atoms with Crippen molar-refractivity contribution in [1.29, 1.82) is 0 Å². The number of aromatic nitrogens is 4. The van der Waals surface area contributed by atoms with Crippen LogP contribution in [0.5, 0.6) is 0 Å². The van der Waals surface area contributed by atoms with E-state index in [0.29, 0.717) is 43.7 Å². The first-order valence-electron chi connectivity index (χ1n) is 14.6. The van der Waals surface area contributed by atoms with Crippen molar-refractivity contribution in [3.8, 4) is 0 Å². The van der Waals surface area contributed by atoms with Crippen molar-refractivity contribution < 1.29 is 13.3 Å². The molecule has 220 valence electrons. The number of hydrogen-bond acceptors (Lipinski definition) is 10. The Morgan fingerprint density at radius 3 is 2.22 bits per heavy atom. The molecule has 0 radical (unpaired) electrons. The van der Waals surface area contributed by atoms with Gasteiger partial charge in [0.25, 0.3) is 5.69 Å². The molecule has 0 unspecified atom stereocenters. The average Bonchev–Trinajstić information content (AvgIpc) is 3.65. The second kappa shape index (κ2) is 11.5. The molecule has 1 saturated heterocycles. The second-order valence-corrected chi connectivity index (χ2v) is 13.4. The van der Waals surface area contributed by atoms with Crippen LogP contribution < -0.4 is 16.4 Å². The maximum absolute atomic E-state index is 13.2. The zero-order valence-electron chi connectivity index (χ0n) is 23.0. The van der Waals surface area contributed by atoms with Gasteiger partial charge in [-0.1, -0.05) is 12.8 Å². The molecule has 4 N–H and O–H groups in total. The van der Waals surface area contributed by atoms with E-state index in [1.54, 1.807) is 0 Å². The number of nitrogens with two attached hydrogens (primary N) is 1. The number of nitro benzene ring substituents is 1. The zero-order chi connectivity index (χ0) is 28.6. The van der Waals surface area contributed by atoms with E-state index in [9.17, 15) is 18.5 Å². The highest BCUT2D eigenvalue weighted by Crippen LogP contribution is 2.34. The molecule has 1 aliphatic heterocycles. The first-order chi connectivity index (χ1) is 19.8. The maximum atomic E-state index is 13.2. The third-order valence-electron chi connectivity index (χ3n) is 8.72. The summed E-state index contributed by atoms with van der Waals surface area (Å²) in [6, 6.07) is 5.96. The fourth-order valence-electron chi connectivity index (χ4n) is 6.30. The number of fused-ring (bicyclic) bond motifs is 1. The number of imidazole rings is 1. The van der Waals surface area contributed by atoms with Crippen LogP contribution in [0.15, 0.2) is 35.5 Å². The molecule has 3 aromatic rings. The number of hydrogen-bond donors (Lipinski definition) is 3. The number of nitro groups is 1. The van der Waals surface area contributed by atoms with Gasteiger partial charge in [0.1, 0.15) is 0 Å². The van der Waals surface area contributed by atoms with Gasteiger partial charge in [-0.15, -0.1) is 0 Å². The minimum absolute atomic E-state index is 0.00794. The molecule has 2 aromatic heterocycles. The van der Waals surface area contributed by atoms with Gasteiger partial charge >= 0.3 is 0 Å². The fourth-order valence-corrected chi connectivity index (χ4v) is 7.77. The Balaban J connectivity index is 1.19. The second-order valence-electron chi connectivity index (χ2n) is 11.5. The van der Waals surface area contributed by atoms with E-state index < -0.39 is 14.9 Å². The molecule has 41 heavy (non-hydrogen) atoms. The number of rotatable bonds is 8. The standard InChI is InChI=1S/C27H37N9O4S/c28-18-5-7-19(8-6-18)31-27-32-25(24-26(33-27)35(17-29-24)21-3-1-2-4-21)30-20-13-15-34(16-14-20)41(39,40)23-11-9-22(10-12-23)36(37)38/h9-12,17-21H,1-8,13-16,28H2,(H2,30,31,32,33)/t18-,19-. The van der Waals surface area contributed by atoms with Crippen LogP contribution in [0.3, 0.4) is 0 Å². The molecule has 13 nitrogen and oxygen atoms in total. The van der Waals surface area contributed by atoms with Gasteiger partial charge in [-0.2, -0.15) is 14.3 Å². The Morgan fingerprint density at radius 1 is 0.902 bits per heavy atom. The van der Waals surface area contributed by atoms with Crippen LogP contribution in [0.25, 0.3) is 11.2 Å². The molecule has 2 saturated carbocycles. The summed E-state index contributed by atoms with van der Waals surface area (Å²) in [7, 11) is -3.75. The molecular weight excluding hydrogens is 546 g/mol. The van der Waals surface area contributed by atoms with Crippen molar-refractivity contribution >= 4 is 38.6 Å². The molecule has 0 amide bonds. The molecule has 0 atom stereocenters. The number of piperidine rings is 1. The summed E-state index contributed by atoms with van der Waals surface area (Å²) < 4.78 is 30.0. The summed E-state index contributed by atoms with van der Waals surface area (Å²) in [4.78, 5) is 25.0. The Bertz CT molecular complexity index is 1490. The molecular formula is C27H37N9O4S. The van der Waals surface area contributed by atoms with E-state index in [-0.39, 0.29) is 28.7 Å². The lowest BCUT2D eigenvalue weighted by Crippen LogP contribution is -2.42. The van der Waals surface area contributed by atoms with Crippen molar-refractivity contribution in [3.63, 3.8) is 0 Å². The smallest absolute Gasteiger partial charge is 0.269 e. The van der Waals surface area contributed by atoms with Gasteiger partial charge < -0.3 is 20.9 Å². The van der Waals surface area contributed by atoms with Crippen LogP contribution in [0.2, 0.25) is 0 Å². The maximum Gasteiger partial charge on any atom is 0.269 e. The highest BCUT2D eigenvalue weighted by atomic mass is 32.2. The van der Waals surface area contributed by atoms with E-state index >= 15 is 0 Å². The first-order valence-corrected chi connectivity index (χ1v) is 16.0. The summed E-state index contributed by atoms with van der Waals surface area (Å²) in [5, 5.41) is 18.1. The average molecular weight is 584 g/mol. The third-order valence-corrected chi connectivity index (χ3v) is 10.6. The van der Waals surface area contributed by atoms with Crippen LogP contribution in [0.4, 0.5) is 17.5 Å². The van der Waals surface area contributed by atoms with Gasteiger partial charge in [-0.3, -0.25) is 10.1 Å². The largest absolute Gasteiger partial charge is 0.365 e. The van der Waals surface area contributed by atoms with E-state index in [1.807, 2.05) is 6.33 Å². The normalized spacial score (nSPS) is 23.1. The Morgan fingerprint density at radius 2 is 1.56 bits per heavy atom. The molecule has 14 heteroatoms. The lowest BCUT2D eigenvalue weighted by atomic mass is 9.92. The minimum Gasteiger partial charge on any atom is -0.365 e. The number of sulfonamides is 1. The lowest BCUT2D eigenvalue weighted by molar-refractivity contribution is -0.384. The van der Waals surface area contributed by atoms with Gasteiger partial charge in [0.2, 0.25) is 16.0 Å². The topological polar surface area (TPSA) is 174 Å². The molecule has 1 aromatic carbocycles. The number of nitrogens with zero attached hydrogens (tertiary/aromatic N) is 6. The van der Waals surface area contributed by atoms with Crippen LogP contribution in [0.1, 0.15) is 70.3 Å². The van der Waals surface area contributed by atoms with Crippen molar-refractivity contribution in [2.24, 2.45) is 5.73 Å². The summed E-state index contributed by atoms with van der Waals surface area (Å²) in [5.74, 6) is 1.25. The number of anilines is 2. The molecule has 3 fully saturated rings. The number of non-ortho nitro benzene ring substituents is 1. The van der Waals surface area contributed by atoms with E-state index in [1.165, 1.54) is 41.4 Å². The van der Waals surface area contributed by atoms with Gasteiger partial charge in [0.15, 0.2) is 17.0 Å². The lowest BCUT2D eigenvalue weighted by Gasteiger charge is -2.32. The molecule has 6 rings (SSSR count). The molecule has 3 aliphatic rings. The highest BCUT2D eigenvalue weighted by Gasteiger charge is 2.31. The SMILES string of the molecule is N[C@H]1CC[C@H](Nc2nc(NC3CCN(S(=O)(=O)c4ccc([N+](=O)[O-])cc4)CC3)c3ncn(C4CCCC4)c3n2)CC1. The summed E-state index contributed by atoms with van der Waals surface area (Å²) in [5.41, 5.74) is 7.52. The molecule has 2 aliphatic carbocycles. The monoisotopic (exact) mass is 583 g/mol. The fraction of sp³-hybridized carbons (Fsp3) is 0.593. The van der Waals surface area contributed by atoms with Crippen molar-refractivity contribution in [2.45, 2.75) is 93.3 Å². The van der Waals surface area contributed by atoms with Gasteiger partial charge in [0, 0.05) is 49.4 Å². The van der Waals surface area contributed by atoms with Gasteiger partial charge in [0.05, 0.1) is 16.1 Å². The van der Waals surface area contributed by atoms with Crippen molar-refractivity contribution in [1.82, 2.24) is 23.8 Å². The summed E-state index contributed by atoms with van der Waals surface area (Å²) in [6.45, 7) is 0.657.